The third-order valence-corrected chi connectivity index (χ3v) is 3.16. The van der Waals surface area contributed by atoms with E-state index < -0.39 is 0 Å². The lowest BCUT2D eigenvalue weighted by molar-refractivity contribution is 0.590. The van der Waals surface area contributed by atoms with Crippen LogP contribution in [0.25, 0.3) is 0 Å². The minimum atomic E-state index is 0.253. The Bertz CT molecular complexity index is 347. The van der Waals surface area contributed by atoms with Gasteiger partial charge >= 0.3 is 0 Å². The van der Waals surface area contributed by atoms with Crippen LogP contribution in [-0.2, 0) is 11.8 Å². The number of hydrogen-bond acceptors (Lipinski definition) is 1. The van der Waals surface area contributed by atoms with Gasteiger partial charge in [0.15, 0.2) is 0 Å². The van der Waals surface area contributed by atoms with Gasteiger partial charge in [-0.3, -0.25) is 0 Å². The summed E-state index contributed by atoms with van der Waals surface area (Å²) < 4.78 is 0. The van der Waals surface area contributed by atoms with Crippen molar-refractivity contribution in [3.63, 3.8) is 0 Å². The van der Waals surface area contributed by atoms with E-state index in [9.17, 15) is 0 Å². The summed E-state index contributed by atoms with van der Waals surface area (Å²) >= 11 is 0. The van der Waals surface area contributed by atoms with E-state index in [0.29, 0.717) is 0 Å². The van der Waals surface area contributed by atoms with Crippen molar-refractivity contribution in [3.05, 3.63) is 29.3 Å². The summed E-state index contributed by atoms with van der Waals surface area (Å²) in [5.74, 6) is 0. The van der Waals surface area contributed by atoms with Crippen LogP contribution >= 0.6 is 0 Å². The molecular formula is C14H21N. The zero-order chi connectivity index (χ0) is 10.9. The molecule has 0 bridgehead atoms. The van der Waals surface area contributed by atoms with Gasteiger partial charge in [0.05, 0.1) is 0 Å². The normalized spacial score (nSPS) is 16.5. The molecule has 1 N–H and O–H groups in total. The van der Waals surface area contributed by atoms with Crippen molar-refractivity contribution in [2.45, 2.75) is 45.4 Å². The van der Waals surface area contributed by atoms with Crippen molar-refractivity contribution in [3.8, 4) is 0 Å². The molecule has 1 nitrogen and oxygen atoms in total. The van der Waals surface area contributed by atoms with Crippen molar-refractivity contribution >= 4 is 5.69 Å². The maximum absolute atomic E-state index is 3.54. The summed E-state index contributed by atoms with van der Waals surface area (Å²) in [7, 11) is 0. The van der Waals surface area contributed by atoms with Crippen molar-refractivity contribution in [1.82, 2.24) is 0 Å². The second-order valence-corrected chi connectivity index (χ2v) is 5.51. The predicted octanol–water partition coefficient (Wildman–Crippen LogP) is 3.73. The number of aryl methyl sites for hydroxylation is 1. The first-order valence-electron chi connectivity index (χ1n) is 5.95. The van der Waals surface area contributed by atoms with Gasteiger partial charge in [0.2, 0.25) is 0 Å². The van der Waals surface area contributed by atoms with Gasteiger partial charge in [-0.2, -0.15) is 0 Å². The SMILES string of the molecule is CC(C)(C)c1ccc2c(c1)NCCCC2. The minimum Gasteiger partial charge on any atom is -0.385 e. The quantitative estimate of drug-likeness (QED) is 0.677. The Morgan fingerprint density at radius 2 is 1.93 bits per heavy atom. The zero-order valence-electron chi connectivity index (χ0n) is 10.1. The zero-order valence-corrected chi connectivity index (χ0v) is 10.1. The highest BCUT2D eigenvalue weighted by Gasteiger charge is 2.16. The largest absolute Gasteiger partial charge is 0.385 e. The fraction of sp³-hybridized carbons (Fsp3) is 0.571. The molecule has 1 aromatic rings. The topological polar surface area (TPSA) is 12.0 Å². The smallest absolute Gasteiger partial charge is 0.0375 e. The van der Waals surface area contributed by atoms with Crippen LogP contribution in [0, 0.1) is 0 Å². The van der Waals surface area contributed by atoms with Crippen molar-refractivity contribution < 1.29 is 0 Å². The molecule has 1 aliphatic heterocycles. The molecule has 0 unspecified atom stereocenters. The molecule has 82 valence electrons. The summed E-state index contributed by atoms with van der Waals surface area (Å²) in [5, 5.41) is 3.54. The second kappa shape index (κ2) is 3.88. The molecule has 0 saturated heterocycles. The molecule has 0 radical (unpaired) electrons. The molecule has 0 atom stereocenters. The fourth-order valence-corrected chi connectivity index (χ4v) is 2.09. The van der Waals surface area contributed by atoms with Crippen LogP contribution in [0.3, 0.4) is 0 Å². The number of nitrogens with one attached hydrogen (secondary N) is 1. The van der Waals surface area contributed by atoms with Gasteiger partial charge in [0.1, 0.15) is 0 Å². The van der Waals surface area contributed by atoms with Crippen LogP contribution in [0.5, 0.6) is 0 Å². The Kier molecular flexibility index (Phi) is 2.72. The maximum Gasteiger partial charge on any atom is 0.0375 e. The molecule has 0 fully saturated rings. The molecule has 2 rings (SSSR count). The van der Waals surface area contributed by atoms with Crippen LogP contribution in [0.4, 0.5) is 5.69 Å². The van der Waals surface area contributed by atoms with Gasteiger partial charge in [-0.1, -0.05) is 32.9 Å². The summed E-state index contributed by atoms with van der Waals surface area (Å²) in [6.07, 6.45) is 3.83. The fourth-order valence-electron chi connectivity index (χ4n) is 2.09. The van der Waals surface area contributed by atoms with E-state index >= 15 is 0 Å². The van der Waals surface area contributed by atoms with E-state index in [0.717, 1.165) is 6.54 Å². The summed E-state index contributed by atoms with van der Waals surface area (Å²) in [6, 6.07) is 6.92. The molecule has 0 saturated carbocycles. The third kappa shape index (κ3) is 2.34. The van der Waals surface area contributed by atoms with Crippen LogP contribution < -0.4 is 5.32 Å². The molecule has 1 aromatic carbocycles. The van der Waals surface area contributed by atoms with Gasteiger partial charge in [0.25, 0.3) is 0 Å². The van der Waals surface area contributed by atoms with Gasteiger partial charge in [0, 0.05) is 12.2 Å². The molecule has 0 spiro atoms. The Balaban J connectivity index is 2.36. The lowest BCUT2D eigenvalue weighted by atomic mass is 9.86. The highest BCUT2D eigenvalue weighted by atomic mass is 14.9. The average molecular weight is 203 g/mol. The van der Waals surface area contributed by atoms with Crippen LogP contribution in [-0.4, -0.2) is 6.54 Å². The minimum absolute atomic E-state index is 0.253. The first kappa shape index (κ1) is 10.5. The van der Waals surface area contributed by atoms with E-state index in [2.05, 4.69) is 44.3 Å². The third-order valence-electron chi connectivity index (χ3n) is 3.16. The Morgan fingerprint density at radius 1 is 1.13 bits per heavy atom. The van der Waals surface area contributed by atoms with Crippen LogP contribution in [0.2, 0.25) is 0 Å². The average Bonchev–Trinajstić information content (AvgIpc) is 2.39. The summed E-state index contributed by atoms with van der Waals surface area (Å²) in [4.78, 5) is 0. The van der Waals surface area contributed by atoms with Gasteiger partial charge in [-0.25, -0.2) is 0 Å². The van der Waals surface area contributed by atoms with E-state index in [1.165, 1.54) is 36.1 Å². The van der Waals surface area contributed by atoms with E-state index in [4.69, 9.17) is 0 Å². The summed E-state index contributed by atoms with van der Waals surface area (Å²) in [6.45, 7) is 7.93. The van der Waals surface area contributed by atoms with Crippen molar-refractivity contribution in [1.29, 1.82) is 0 Å². The van der Waals surface area contributed by atoms with Crippen LogP contribution in [0.15, 0.2) is 18.2 Å². The lowest BCUT2D eigenvalue weighted by Crippen LogP contribution is -2.12. The van der Waals surface area contributed by atoms with Crippen LogP contribution in [0.1, 0.15) is 44.7 Å². The first-order valence-corrected chi connectivity index (χ1v) is 5.95. The predicted molar refractivity (Wildman–Crippen MR) is 66.6 cm³/mol. The Hall–Kier alpha value is -0.980. The van der Waals surface area contributed by atoms with E-state index in [1.807, 2.05) is 0 Å². The standard InChI is InChI=1S/C14H21N/c1-14(2,3)12-8-7-11-6-4-5-9-15-13(11)10-12/h7-8,10,15H,4-6,9H2,1-3H3. The highest BCUT2D eigenvalue weighted by Crippen LogP contribution is 2.29. The molecular weight excluding hydrogens is 182 g/mol. The monoisotopic (exact) mass is 203 g/mol. The molecule has 0 amide bonds. The number of hydrogen-bond donors (Lipinski definition) is 1. The molecule has 0 aliphatic carbocycles. The van der Waals surface area contributed by atoms with E-state index in [-0.39, 0.29) is 5.41 Å². The Labute approximate surface area is 92.9 Å². The molecule has 1 heterocycles. The maximum atomic E-state index is 3.54. The van der Waals surface area contributed by atoms with E-state index in [1.54, 1.807) is 0 Å². The molecule has 0 aromatic heterocycles. The number of benzene rings is 1. The molecule has 15 heavy (non-hydrogen) atoms. The van der Waals surface area contributed by atoms with Gasteiger partial charge < -0.3 is 5.32 Å². The first-order chi connectivity index (χ1) is 7.07. The Morgan fingerprint density at radius 3 is 2.67 bits per heavy atom. The number of fused-ring (bicyclic) bond motifs is 1. The number of rotatable bonds is 0. The number of anilines is 1. The molecule has 1 aliphatic rings. The van der Waals surface area contributed by atoms with Crippen molar-refractivity contribution in [2.24, 2.45) is 0 Å². The molecule has 1 heteroatoms. The lowest BCUT2D eigenvalue weighted by Gasteiger charge is -2.21. The van der Waals surface area contributed by atoms with Gasteiger partial charge in [-0.05, 0) is 41.9 Å². The van der Waals surface area contributed by atoms with Crippen molar-refractivity contribution in [2.75, 3.05) is 11.9 Å². The second-order valence-electron chi connectivity index (χ2n) is 5.51. The highest BCUT2D eigenvalue weighted by molar-refractivity contribution is 5.55. The van der Waals surface area contributed by atoms with Gasteiger partial charge in [-0.15, -0.1) is 0 Å². The summed E-state index contributed by atoms with van der Waals surface area (Å²) in [5.41, 5.74) is 4.53.